The number of hydrogen-bond donors (Lipinski definition) is 1. The zero-order valence-electron chi connectivity index (χ0n) is 13.1. The molecule has 116 valence electrons. The van der Waals surface area contributed by atoms with E-state index < -0.39 is 0 Å². The molecule has 2 fully saturated rings. The molecule has 0 aromatic rings. The molecule has 1 saturated heterocycles. The van der Waals surface area contributed by atoms with Crippen molar-refractivity contribution < 1.29 is 9.53 Å². The number of nitrogens with zero attached hydrogens (tertiary/aromatic N) is 1. The van der Waals surface area contributed by atoms with Crippen molar-refractivity contribution in [1.82, 2.24) is 10.2 Å². The Hall–Kier alpha value is -0.610. The van der Waals surface area contributed by atoms with Crippen LogP contribution in [0.15, 0.2) is 0 Å². The van der Waals surface area contributed by atoms with Crippen LogP contribution < -0.4 is 5.32 Å². The number of likely N-dealkylation sites (tertiary alicyclic amines) is 1. The molecule has 1 atom stereocenters. The van der Waals surface area contributed by atoms with Crippen LogP contribution in [0.2, 0.25) is 0 Å². The number of rotatable bonds is 6. The third-order valence-corrected chi connectivity index (χ3v) is 4.52. The van der Waals surface area contributed by atoms with Crippen molar-refractivity contribution in [1.29, 1.82) is 0 Å². The summed E-state index contributed by atoms with van der Waals surface area (Å²) in [4.78, 5) is 14.2. The Balaban J connectivity index is 1.67. The first-order valence-electron chi connectivity index (χ1n) is 8.38. The monoisotopic (exact) mass is 282 g/mol. The van der Waals surface area contributed by atoms with Gasteiger partial charge in [0.15, 0.2) is 0 Å². The number of nitrogens with one attached hydrogen (secondary N) is 1. The fourth-order valence-electron chi connectivity index (χ4n) is 3.29. The van der Waals surface area contributed by atoms with E-state index in [4.69, 9.17) is 4.74 Å². The van der Waals surface area contributed by atoms with E-state index in [2.05, 4.69) is 12.2 Å². The molecule has 1 aliphatic heterocycles. The van der Waals surface area contributed by atoms with E-state index in [9.17, 15) is 4.79 Å². The van der Waals surface area contributed by atoms with Gasteiger partial charge in [-0.15, -0.1) is 0 Å². The molecule has 2 aliphatic rings. The predicted molar refractivity (Wildman–Crippen MR) is 80.7 cm³/mol. The van der Waals surface area contributed by atoms with Gasteiger partial charge in [0.05, 0.1) is 6.10 Å². The molecule has 1 amide bonds. The van der Waals surface area contributed by atoms with E-state index in [1.165, 1.54) is 19.3 Å². The number of hydrogen-bond acceptors (Lipinski definition) is 3. The molecular weight excluding hydrogens is 252 g/mol. The number of amides is 1. The van der Waals surface area contributed by atoms with E-state index in [0.717, 1.165) is 45.3 Å². The smallest absolute Gasteiger partial charge is 0.251 e. The van der Waals surface area contributed by atoms with Crippen molar-refractivity contribution in [3.63, 3.8) is 0 Å². The van der Waals surface area contributed by atoms with Gasteiger partial charge in [0.2, 0.25) is 0 Å². The summed E-state index contributed by atoms with van der Waals surface area (Å²) in [5.74, 6) is 0.189. The Morgan fingerprint density at radius 2 is 1.90 bits per heavy atom. The molecule has 0 aromatic heterocycles. The summed E-state index contributed by atoms with van der Waals surface area (Å²) < 4.78 is 6.00. The third kappa shape index (κ3) is 4.45. The lowest BCUT2D eigenvalue weighted by atomic mass is 9.93. The molecule has 1 N–H and O–H groups in total. The topological polar surface area (TPSA) is 41.6 Å². The maximum Gasteiger partial charge on any atom is 0.251 e. The quantitative estimate of drug-likeness (QED) is 0.813. The van der Waals surface area contributed by atoms with Crippen molar-refractivity contribution in [3.8, 4) is 0 Å². The molecule has 4 nitrogen and oxygen atoms in total. The Labute approximate surface area is 123 Å². The lowest BCUT2D eigenvalue weighted by Crippen LogP contribution is -2.41. The van der Waals surface area contributed by atoms with Crippen molar-refractivity contribution in [2.45, 2.75) is 77.0 Å². The summed E-state index contributed by atoms with van der Waals surface area (Å²) in [7, 11) is 0. The van der Waals surface area contributed by atoms with Crippen LogP contribution in [0.3, 0.4) is 0 Å². The van der Waals surface area contributed by atoms with Crippen LogP contribution in [0.5, 0.6) is 0 Å². The van der Waals surface area contributed by atoms with E-state index in [1.54, 1.807) is 0 Å². The van der Waals surface area contributed by atoms with Crippen LogP contribution in [0.25, 0.3) is 0 Å². The van der Waals surface area contributed by atoms with Crippen LogP contribution in [0.4, 0.5) is 0 Å². The molecule has 0 aromatic carbocycles. The van der Waals surface area contributed by atoms with Crippen molar-refractivity contribution >= 4 is 5.91 Å². The second-order valence-electron chi connectivity index (χ2n) is 6.24. The van der Waals surface area contributed by atoms with Crippen LogP contribution in [0.1, 0.15) is 58.8 Å². The summed E-state index contributed by atoms with van der Waals surface area (Å²) in [6, 6.07) is 0.652. The van der Waals surface area contributed by atoms with Crippen molar-refractivity contribution in [2.75, 3.05) is 19.6 Å². The van der Waals surface area contributed by atoms with Crippen molar-refractivity contribution in [2.24, 2.45) is 0 Å². The first-order valence-corrected chi connectivity index (χ1v) is 8.38. The second-order valence-corrected chi connectivity index (χ2v) is 6.24. The Bertz CT molecular complexity index is 295. The Morgan fingerprint density at radius 1 is 1.25 bits per heavy atom. The van der Waals surface area contributed by atoms with E-state index in [-0.39, 0.29) is 18.1 Å². The van der Waals surface area contributed by atoms with Gasteiger partial charge in [0.25, 0.3) is 5.91 Å². The summed E-state index contributed by atoms with van der Waals surface area (Å²) in [6.07, 6.45) is 8.01. The minimum absolute atomic E-state index is 0.189. The van der Waals surface area contributed by atoms with Crippen LogP contribution in [-0.2, 0) is 9.53 Å². The highest BCUT2D eigenvalue weighted by molar-refractivity contribution is 5.80. The molecule has 2 rings (SSSR count). The maximum absolute atomic E-state index is 12.2. The zero-order chi connectivity index (χ0) is 14.4. The zero-order valence-corrected chi connectivity index (χ0v) is 13.1. The standard InChI is InChI=1S/C16H30N2O2/c1-3-10-17-14-6-8-15(9-7-14)20-13(2)16(19)18-11-4-5-12-18/h13-15,17H,3-12H2,1-2H3. The number of carbonyl (C=O) groups excluding carboxylic acids is 1. The highest BCUT2D eigenvalue weighted by atomic mass is 16.5. The summed E-state index contributed by atoms with van der Waals surface area (Å²) in [6.45, 7) is 7.07. The van der Waals surface area contributed by atoms with Gasteiger partial charge in [0.1, 0.15) is 6.10 Å². The summed E-state index contributed by atoms with van der Waals surface area (Å²) >= 11 is 0. The largest absolute Gasteiger partial charge is 0.365 e. The van der Waals surface area contributed by atoms with E-state index in [1.807, 2.05) is 11.8 Å². The number of carbonyl (C=O) groups is 1. The highest BCUT2D eigenvalue weighted by Gasteiger charge is 2.28. The van der Waals surface area contributed by atoms with Gasteiger partial charge in [-0.3, -0.25) is 4.79 Å². The maximum atomic E-state index is 12.2. The number of ether oxygens (including phenoxy) is 1. The van der Waals surface area contributed by atoms with Gasteiger partial charge in [-0.05, 0) is 58.4 Å². The highest BCUT2D eigenvalue weighted by Crippen LogP contribution is 2.23. The average molecular weight is 282 g/mol. The van der Waals surface area contributed by atoms with Crippen molar-refractivity contribution in [3.05, 3.63) is 0 Å². The molecule has 0 radical (unpaired) electrons. The van der Waals surface area contributed by atoms with Gasteiger partial charge in [-0.25, -0.2) is 0 Å². The van der Waals surface area contributed by atoms with E-state index >= 15 is 0 Å². The summed E-state index contributed by atoms with van der Waals surface area (Å²) in [5, 5.41) is 3.58. The van der Waals surface area contributed by atoms with Crippen LogP contribution >= 0.6 is 0 Å². The fraction of sp³-hybridized carbons (Fsp3) is 0.938. The van der Waals surface area contributed by atoms with Gasteiger partial charge in [0, 0.05) is 19.1 Å². The van der Waals surface area contributed by atoms with E-state index in [0.29, 0.717) is 6.04 Å². The van der Waals surface area contributed by atoms with Gasteiger partial charge in [-0.1, -0.05) is 6.92 Å². The molecule has 20 heavy (non-hydrogen) atoms. The Morgan fingerprint density at radius 3 is 2.50 bits per heavy atom. The van der Waals surface area contributed by atoms with Gasteiger partial charge < -0.3 is 15.0 Å². The molecule has 1 saturated carbocycles. The molecule has 0 bridgehead atoms. The third-order valence-electron chi connectivity index (χ3n) is 4.52. The molecule has 1 unspecified atom stereocenters. The minimum atomic E-state index is -0.266. The molecule has 4 heteroatoms. The summed E-state index contributed by atoms with van der Waals surface area (Å²) in [5.41, 5.74) is 0. The van der Waals surface area contributed by atoms with Crippen LogP contribution in [-0.4, -0.2) is 48.7 Å². The predicted octanol–water partition coefficient (Wildman–Crippen LogP) is 2.32. The van der Waals surface area contributed by atoms with Crippen LogP contribution in [0, 0.1) is 0 Å². The van der Waals surface area contributed by atoms with Gasteiger partial charge in [-0.2, -0.15) is 0 Å². The lowest BCUT2D eigenvalue weighted by Gasteiger charge is -2.31. The SMILES string of the molecule is CCCNC1CCC(OC(C)C(=O)N2CCCC2)CC1. The average Bonchev–Trinajstić information content (AvgIpc) is 3.00. The minimum Gasteiger partial charge on any atom is -0.365 e. The molecular formula is C16H30N2O2. The second kappa shape index (κ2) is 7.99. The molecule has 1 aliphatic carbocycles. The molecule has 0 spiro atoms. The lowest BCUT2D eigenvalue weighted by molar-refractivity contribution is -0.146. The first kappa shape index (κ1) is 15.8. The fourth-order valence-corrected chi connectivity index (χ4v) is 3.29. The van der Waals surface area contributed by atoms with Gasteiger partial charge >= 0.3 is 0 Å². The normalized spacial score (nSPS) is 28.6. The Kier molecular flexibility index (Phi) is 6.30. The first-order chi connectivity index (χ1) is 9.70. The molecule has 1 heterocycles.